The summed E-state index contributed by atoms with van der Waals surface area (Å²) < 4.78 is 6.19. The van der Waals surface area contributed by atoms with Gasteiger partial charge in [-0.25, -0.2) is 0 Å². The second kappa shape index (κ2) is 9.29. The molecule has 5 aromatic rings. The van der Waals surface area contributed by atoms with Gasteiger partial charge < -0.3 is 10.1 Å². The Hall–Kier alpha value is -4.30. The number of anilines is 1. The Morgan fingerprint density at radius 2 is 1.91 bits per heavy atom. The first-order valence-corrected chi connectivity index (χ1v) is 10.9. The summed E-state index contributed by atoms with van der Waals surface area (Å²) in [5, 5.41) is 19.2. The van der Waals surface area contributed by atoms with Gasteiger partial charge in [-0.1, -0.05) is 41.9 Å². The highest BCUT2D eigenvalue weighted by molar-refractivity contribution is 6.30. The summed E-state index contributed by atoms with van der Waals surface area (Å²) in [6, 6.07) is 20.2. The van der Waals surface area contributed by atoms with Crippen molar-refractivity contribution >= 4 is 34.1 Å². The summed E-state index contributed by atoms with van der Waals surface area (Å²) >= 11 is 6.38. The molecule has 2 aromatic carbocycles. The number of rotatable bonds is 6. The van der Waals surface area contributed by atoms with Gasteiger partial charge in [0.15, 0.2) is 0 Å². The number of fused-ring (bicyclic) bond motifs is 1. The Labute approximate surface area is 200 Å². The van der Waals surface area contributed by atoms with E-state index in [1.807, 2.05) is 37.3 Å². The molecule has 0 aliphatic heterocycles. The number of carbonyl (C=O) groups excluding carboxylic acids is 1. The molecule has 0 aliphatic carbocycles. The quantitative estimate of drug-likeness (QED) is 0.341. The zero-order chi connectivity index (χ0) is 23.5. The fourth-order valence-corrected chi connectivity index (χ4v) is 3.95. The van der Waals surface area contributed by atoms with E-state index in [1.165, 1.54) is 0 Å². The molecule has 8 nitrogen and oxygen atoms in total. The molecule has 168 valence electrons. The Kier molecular flexibility index (Phi) is 5.88. The smallest absolute Gasteiger partial charge is 0.259 e. The van der Waals surface area contributed by atoms with Crippen LogP contribution in [-0.2, 0) is 0 Å². The molecule has 5 rings (SSSR count). The lowest BCUT2D eigenvalue weighted by atomic mass is 10.1. The highest BCUT2D eigenvalue weighted by Crippen LogP contribution is 2.34. The molecule has 9 heteroatoms. The molecule has 0 radical (unpaired) electrons. The topological polar surface area (TPSA) is 106 Å². The Morgan fingerprint density at radius 3 is 2.76 bits per heavy atom. The summed E-state index contributed by atoms with van der Waals surface area (Å²) in [6.07, 6.45) is 2.68. The van der Waals surface area contributed by atoms with E-state index in [0.717, 1.165) is 10.9 Å². The molecule has 3 heterocycles. The van der Waals surface area contributed by atoms with Crippen LogP contribution in [0.15, 0.2) is 79.1 Å². The molecule has 0 aliphatic rings. The van der Waals surface area contributed by atoms with E-state index in [1.54, 1.807) is 48.8 Å². The lowest BCUT2D eigenvalue weighted by molar-refractivity contribution is 0.102. The molecule has 3 aromatic heterocycles. The fraction of sp³-hybridized carbons (Fsp3) is 0.0800. The number of benzene rings is 2. The predicted octanol–water partition coefficient (Wildman–Crippen LogP) is 5.46. The number of nitrogens with zero attached hydrogens (tertiary/aromatic N) is 4. The molecule has 34 heavy (non-hydrogen) atoms. The zero-order valence-corrected chi connectivity index (χ0v) is 18.8. The maximum absolute atomic E-state index is 13.1. The molecule has 0 saturated heterocycles. The van der Waals surface area contributed by atoms with E-state index in [9.17, 15) is 4.79 Å². The van der Waals surface area contributed by atoms with Crippen molar-refractivity contribution < 1.29 is 9.53 Å². The van der Waals surface area contributed by atoms with Crippen LogP contribution in [0.5, 0.6) is 5.75 Å². The molecule has 1 atom stereocenters. The molecule has 1 unspecified atom stereocenters. The zero-order valence-electron chi connectivity index (χ0n) is 18.1. The second-order valence-electron chi connectivity index (χ2n) is 7.54. The van der Waals surface area contributed by atoms with Crippen molar-refractivity contribution in [1.29, 1.82) is 0 Å². The minimum Gasteiger partial charge on any atom is -0.485 e. The molecule has 2 N–H and O–H groups in total. The lowest BCUT2D eigenvalue weighted by Gasteiger charge is -2.18. The van der Waals surface area contributed by atoms with E-state index < -0.39 is 6.10 Å². The number of nitrogens with one attached hydrogen (secondary N) is 2. The maximum Gasteiger partial charge on any atom is 0.259 e. The third-order valence-electron chi connectivity index (χ3n) is 5.26. The number of para-hydroxylation sites is 2. The first-order chi connectivity index (χ1) is 16.6. The highest BCUT2D eigenvalue weighted by atomic mass is 35.5. The average molecular weight is 471 g/mol. The number of aromatic nitrogens is 5. The van der Waals surface area contributed by atoms with Crippen LogP contribution < -0.4 is 10.1 Å². The van der Waals surface area contributed by atoms with Gasteiger partial charge in [0.1, 0.15) is 28.4 Å². The summed E-state index contributed by atoms with van der Waals surface area (Å²) in [5.41, 5.74) is 3.54. The van der Waals surface area contributed by atoms with Gasteiger partial charge in [0.2, 0.25) is 0 Å². The van der Waals surface area contributed by atoms with Gasteiger partial charge in [0, 0.05) is 11.6 Å². The van der Waals surface area contributed by atoms with Crippen LogP contribution in [0.4, 0.5) is 5.69 Å². The normalized spacial score (nSPS) is 11.8. The summed E-state index contributed by atoms with van der Waals surface area (Å²) in [6.45, 7) is 1.83. The molecular formula is C25H19ClN6O2. The summed E-state index contributed by atoms with van der Waals surface area (Å²) in [4.78, 5) is 17.5. The Balaban J connectivity index is 1.40. The van der Waals surface area contributed by atoms with Crippen LogP contribution in [0.1, 0.15) is 28.9 Å². The maximum atomic E-state index is 13.1. The number of amides is 1. The number of carbonyl (C=O) groups is 1. The van der Waals surface area contributed by atoms with Gasteiger partial charge in [-0.2, -0.15) is 10.2 Å². The van der Waals surface area contributed by atoms with Crippen molar-refractivity contribution in [2.24, 2.45) is 0 Å². The van der Waals surface area contributed by atoms with Gasteiger partial charge in [-0.05, 0) is 43.3 Å². The second-order valence-corrected chi connectivity index (χ2v) is 7.91. The van der Waals surface area contributed by atoms with Crippen molar-refractivity contribution in [2.45, 2.75) is 13.0 Å². The fourth-order valence-electron chi connectivity index (χ4n) is 3.67. The van der Waals surface area contributed by atoms with Crippen LogP contribution in [0.2, 0.25) is 5.15 Å². The van der Waals surface area contributed by atoms with Gasteiger partial charge >= 0.3 is 0 Å². The number of hydrogen-bond donors (Lipinski definition) is 2. The number of halogens is 1. The number of hydrogen-bond acceptors (Lipinski definition) is 6. The van der Waals surface area contributed by atoms with Crippen molar-refractivity contribution in [3.05, 3.63) is 95.4 Å². The largest absolute Gasteiger partial charge is 0.485 e. The van der Waals surface area contributed by atoms with Crippen molar-refractivity contribution in [2.75, 3.05) is 5.32 Å². The van der Waals surface area contributed by atoms with Crippen molar-refractivity contribution in [3.8, 4) is 17.1 Å². The number of ether oxygens (including phenoxy) is 1. The Bertz CT molecular complexity index is 1470. The molecule has 0 fully saturated rings. The van der Waals surface area contributed by atoms with E-state index in [0.29, 0.717) is 39.1 Å². The van der Waals surface area contributed by atoms with Crippen LogP contribution >= 0.6 is 11.6 Å². The molecule has 1 amide bonds. The molecule has 0 bridgehead atoms. The van der Waals surface area contributed by atoms with Gasteiger partial charge in [-0.3, -0.25) is 14.9 Å². The Morgan fingerprint density at radius 1 is 1.09 bits per heavy atom. The minimum atomic E-state index is -0.528. The average Bonchev–Trinajstić information content (AvgIpc) is 3.26. The number of H-pyrrole nitrogens is 1. The van der Waals surface area contributed by atoms with Crippen LogP contribution in [0.25, 0.3) is 22.3 Å². The molecule has 0 saturated carbocycles. The summed E-state index contributed by atoms with van der Waals surface area (Å²) in [7, 11) is 0. The number of aromatic amines is 1. The monoisotopic (exact) mass is 470 g/mol. The molecular weight excluding hydrogens is 452 g/mol. The van der Waals surface area contributed by atoms with Crippen LogP contribution in [0, 0.1) is 0 Å². The molecule has 0 spiro atoms. The van der Waals surface area contributed by atoms with Crippen molar-refractivity contribution in [3.63, 3.8) is 0 Å². The minimum absolute atomic E-state index is 0.313. The van der Waals surface area contributed by atoms with Gasteiger partial charge in [0.25, 0.3) is 5.91 Å². The first kappa shape index (κ1) is 21.5. The third-order valence-corrected chi connectivity index (χ3v) is 5.55. The number of pyridine rings is 1. The van der Waals surface area contributed by atoms with Gasteiger partial charge in [-0.15, -0.1) is 5.10 Å². The first-order valence-electron chi connectivity index (χ1n) is 10.5. The van der Waals surface area contributed by atoms with Crippen LogP contribution in [0.3, 0.4) is 0 Å². The highest BCUT2D eigenvalue weighted by Gasteiger charge is 2.23. The van der Waals surface area contributed by atoms with E-state index in [4.69, 9.17) is 16.3 Å². The van der Waals surface area contributed by atoms with Crippen molar-refractivity contribution in [1.82, 2.24) is 25.4 Å². The van der Waals surface area contributed by atoms with E-state index in [-0.39, 0.29) is 5.91 Å². The van der Waals surface area contributed by atoms with Crippen LogP contribution in [-0.4, -0.2) is 31.3 Å². The van der Waals surface area contributed by atoms with Gasteiger partial charge in [0.05, 0.1) is 28.5 Å². The standard InChI is InChI=1S/C25H19ClN6O2/c1-15(22-23(31-32-24(22)26)20-10-6-12-28-30-20)34-21-11-5-3-8-18(21)25(33)29-17-13-16-7-2-4-9-19(16)27-14-17/h2-15H,1H3,(H,29,33)(H,31,32). The lowest BCUT2D eigenvalue weighted by Crippen LogP contribution is -2.15. The SMILES string of the molecule is CC(Oc1ccccc1C(=O)Nc1cnc2ccccc2c1)c1c(-c2cccnn2)n[nH]c1Cl. The van der Waals surface area contributed by atoms with E-state index >= 15 is 0 Å². The summed E-state index contributed by atoms with van der Waals surface area (Å²) in [5.74, 6) is 0.0935. The third kappa shape index (κ3) is 4.31. The van der Waals surface area contributed by atoms with E-state index in [2.05, 4.69) is 30.7 Å². The predicted molar refractivity (Wildman–Crippen MR) is 130 cm³/mol.